The van der Waals surface area contributed by atoms with Gasteiger partial charge < -0.3 is 14.6 Å². The average Bonchev–Trinajstić information content (AvgIpc) is 3.89. The van der Waals surface area contributed by atoms with Crippen molar-refractivity contribution in [3.05, 3.63) is 247 Å². The molecule has 1 N–H and O–H groups in total. The zero-order valence-corrected chi connectivity index (χ0v) is 35.4. The highest BCUT2D eigenvalue weighted by Crippen LogP contribution is 2.63. The van der Waals surface area contributed by atoms with Gasteiger partial charge >= 0.3 is 0 Å². The fourth-order valence-corrected chi connectivity index (χ4v) is 11.6. The van der Waals surface area contributed by atoms with Gasteiger partial charge in [0.25, 0.3) is 0 Å². The highest BCUT2D eigenvalue weighted by molar-refractivity contribution is 6.74. The molecule has 10 aromatic carbocycles. The van der Waals surface area contributed by atoms with Crippen LogP contribution in [-0.4, -0.2) is 7.28 Å². The Bertz CT molecular complexity index is 3680. The van der Waals surface area contributed by atoms with Gasteiger partial charge in [-0.15, -0.1) is 0 Å². The number of benzene rings is 10. The molecule has 14 rings (SSSR count). The topological polar surface area (TPSA) is 28.4 Å². The van der Waals surface area contributed by atoms with Crippen LogP contribution in [0, 0.1) is 0 Å². The van der Waals surface area contributed by atoms with Crippen LogP contribution in [0.3, 0.4) is 0 Å². The van der Waals surface area contributed by atoms with E-state index in [4.69, 9.17) is 4.42 Å². The van der Waals surface area contributed by atoms with E-state index in [9.17, 15) is 0 Å². The van der Waals surface area contributed by atoms with E-state index in [0.717, 1.165) is 57.3 Å². The van der Waals surface area contributed by atoms with Gasteiger partial charge in [0.2, 0.25) is 0 Å². The standard InChI is InChI=1S/C61H39BN2O/c1-3-16-38(17-4-1)40-30-33-42(34-31-40)63-53-36-41(39-18-5-2-6-19-39)32-35-46(53)57-58-55(37-47-45-22-9-14-29-56(45)65-60(47)57)64-54-28-13-12-25-50(54)61(51-26-15-27-52(62-58)59(51)64)48-23-10-7-20-43(48)44-21-8-11-24-49(44)61/h1-37,62-63H. The highest BCUT2D eigenvalue weighted by Gasteiger charge is 2.53. The molecule has 2 aliphatic heterocycles. The summed E-state index contributed by atoms with van der Waals surface area (Å²) in [5.41, 5.74) is 24.4. The molecule has 65 heavy (non-hydrogen) atoms. The van der Waals surface area contributed by atoms with Crippen molar-refractivity contribution in [3.63, 3.8) is 0 Å². The van der Waals surface area contributed by atoms with Crippen LogP contribution in [0.15, 0.2) is 229 Å². The summed E-state index contributed by atoms with van der Waals surface area (Å²) in [5.74, 6) is 0. The Morgan fingerprint density at radius 3 is 1.78 bits per heavy atom. The molecule has 1 spiro atoms. The largest absolute Gasteiger partial charge is 0.455 e. The Hall–Kier alpha value is -8.34. The maximum atomic E-state index is 7.06. The number of fused-ring (bicyclic) bond motifs is 14. The van der Waals surface area contributed by atoms with Crippen molar-refractivity contribution < 1.29 is 4.42 Å². The van der Waals surface area contributed by atoms with Gasteiger partial charge in [0.15, 0.2) is 7.28 Å². The average molecular weight is 827 g/mol. The summed E-state index contributed by atoms with van der Waals surface area (Å²) in [7, 11) is 0.741. The second kappa shape index (κ2) is 13.8. The molecule has 11 aromatic rings. The third-order valence-corrected chi connectivity index (χ3v) is 14.3. The molecule has 0 unspecified atom stereocenters. The van der Waals surface area contributed by atoms with Gasteiger partial charge in [-0.05, 0) is 97.5 Å². The van der Waals surface area contributed by atoms with Crippen molar-refractivity contribution >= 4 is 68.6 Å². The van der Waals surface area contributed by atoms with Gasteiger partial charge in [-0.25, -0.2) is 0 Å². The van der Waals surface area contributed by atoms with Crippen molar-refractivity contribution in [1.29, 1.82) is 0 Å². The molecule has 3 nitrogen and oxygen atoms in total. The second-order valence-corrected chi connectivity index (χ2v) is 17.6. The minimum atomic E-state index is -0.473. The first-order valence-corrected chi connectivity index (χ1v) is 22.5. The molecule has 3 aliphatic rings. The third-order valence-electron chi connectivity index (χ3n) is 14.3. The summed E-state index contributed by atoms with van der Waals surface area (Å²) in [6, 6.07) is 82.2. The zero-order valence-electron chi connectivity index (χ0n) is 35.4. The van der Waals surface area contributed by atoms with Gasteiger partial charge in [-0.2, -0.15) is 0 Å². The van der Waals surface area contributed by atoms with E-state index in [2.05, 4.69) is 235 Å². The van der Waals surface area contributed by atoms with Crippen molar-refractivity contribution in [2.75, 3.05) is 10.2 Å². The number of hydrogen-bond donors (Lipinski definition) is 1. The maximum Gasteiger partial charge on any atom is 0.198 e. The summed E-state index contributed by atoms with van der Waals surface area (Å²) < 4.78 is 7.06. The van der Waals surface area contributed by atoms with Crippen LogP contribution >= 0.6 is 0 Å². The van der Waals surface area contributed by atoms with E-state index >= 15 is 0 Å². The van der Waals surface area contributed by atoms with E-state index in [-0.39, 0.29) is 0 Å². The number of nitrogens with zero attached hydrogens (tertiary/aromatic N) is 1. The second-order valence-electron chi connectivity index (χ2n) is 17.6. The molecule has 3 heterocycles. The molecule has 0 saturated carbocycles. The van der Waals surface area contributed by atoms with Crippen LogP contribution in [0.2, 0.25) is 0 Å². The lowest BCUT2D eigenvalue weighted by Gasteiger charge is -2.48. The number of para-hydroxylation sites is 3. The summed E-state index contributed by atoms with van der Waals surface area (Å²) in [6.07, 6.45) is 0. The van der Waals surface area contributed by atoms with Gasteiger partial charge in [0, 0.05) is 44.6 Å². The Morgan fingerprint density at radius 2 is 1.03 bits per heavy atom. The van der Waals surface area contributed by atoms with Crippen molar-refractivity contribution in [2.45, 2.75) is 5.41 Å². The quantitative estimate of drug-likeness (QED) is 0.175. The molecule has 0 radical (unpaired) electrons. The maximum absolute atomic E-state index is 7.06. The first-order valence-electron chi connectivity index (χ1n) is 22.5. The Labute approximate surface area is 378 Å². The molecule has 1 aliphatic carbocycles. The lowest BCUT2D eigenvalue weighted by atomic mass is 9.54. The van der Waals surface area contributed by atoms with Crippen LogP contribution in [0.1, 0.15) is 22.3 Å². The van der Waals surface area contributed by atoms with E-state index in [1.165, 1.54) is 78.1 Å². The summed E-state index contributed by atoms with van der Waals surface area (Å²) in [5, 5.41) is 6.16. The Kier molecular flexibility index (Phi) is 7.70. The molecule has 0 fully saturated rings. The molecule has 0 bridgehead atoms. The van der Waals surface area contributed by atoms with E-state index < -0.39 is 5.41 Å². The van der Waals surface area contributed by atoms with Crippen molar-refractivity contribution in [3.8, 4) is 44.5 Å². The lowest BCUT2D eigenvalue weighted by molar-refractivity contribution is 0.670. The number of rotatable bonds is 5. The van der Waals surface area contributed by atoms with E-state index in [1.807, 2.05) is 0 Å². The molecule has 0 amide bonds. The number of hydrogen-bond acceptors (Lipinski definition) is 3. The molecular formula is C61H39BN2O. The SMILES string of the molecule is B1c2cccc3c2N(c2ccccc2C32c3ccccc3-c3ccccc32)c2cc3c(oc4ccccc43)c(-c3ccc(-c4ccccc4)cc3Nc3ccc(-c4ccccc4)cc3)c21. The predicted octanol–water partition coefficient (Wildman–Crippen LogP) is 14.2. The number of anilines is 5. The Balaban J connectivity index is 1.03. The fraction of sp³-hybridized carbons (Fsp3) is 0.0164. The third kappa shape index (κ3) is 5.14. The fourth-order valence-electron chi connectivity index (χ4n) is 11.6. The molecule has 4 heteroatoms. The first kappa shape index (κ1) is 36.2. The number of furan rings is 1. The van der Waals surface area contributed by atoms with E-state index in [0.29, 0.717) is 0 Å². The predicted molar refractivity (Wildman–Crippen MR) is 272 cm³/mol. The summed E-state index contributed by atoms with van der Waals surface area (Å²) >= 11 is 0. The molecular weight excluding hydrogens is 787 g/mol. The molecule has 1 aromatic heterocycles. The lowest BCUT2D eigenvalue weighted by Crippen LogP contribution is -2.47. The summed E-state index contributed by atoms with van der Waals surface area (Å²) in [6.45, 7) is 0. The van der Waals surface area contributed by atoms with Crippen molar-refractivity contribution in [1.82, 2.24) is 0 Å². The van der Waals surface area contributed by atoms with Crippen LogP contribution < -0.4 is 21.1 Å². The summed E-state index contributed by atoms with van der Waals surface area (Å²) in [4.78, 5) is 2.59. The van der Waals surface area contributed by atoms with Crippen LogP contribution in [0.5, 0.6) is 0 Å². The van der Waals surface area contributed by atoms with Gasteiger partial charge in [-0.1, -0.05) is 194 Å². The minimum Gasteiger partial charge on any atom is -0.455 e. The number of nitrogens with one attached hydrogen (secondary N) is 1. The Morgan fingerprint density at radius 1 is 0.431 bits per heavy atom. The van der Waals surface area contributed by atoms with Gasteiger partial charge in [0.05, 0.1) is 11.1 Å². The monoisotopic (exact) mass is 826 g/mol. The van der Waals surface area contributed by atoms with Gasteiger partial charge in [0.1, 0.15) is 11.2 Å². The van der Waals surface area contributed by atoms with Gasteiger partial charge in [-0.3, -0.25) is 0 Å². The van der Waals surface area contributed by atoms with Crippen LogP contribution in [0.25, 0.3) is 66.4 Å². The first-order chi connectivity index (χ1) is 32.2. The van der Waals surface area contributed by atoms with Crippen LogP contribution in [0.4, 0.5) is 28.4 Å². The molecule has 302 valence electrons. The van der Waals surface area contributed by atoms with Crippen LogP contribution in [-0.2, 0) is 5.41 Å². The van der Waals surface area contributed by atoms with E-state index in [1.54, 1.807) is 0 Å². The molecule has 0 atom stereocenters. The minimum absolute atomic E-state index is 0.473. The molecule has 0 saturated heterocycles. The normalized spacial score (nSPS) is 13.4. The smallest absolute Gasteiger partial charge is 0.198 e. The van der Waals surface area contributed by atoms with Crippen molar-refractivity contribution in [2.24, 2.45) is 0 Å². The highest BCUT2D eigenvalue weighted by atomic mass is 16.3. The zero-order chi connectivity index (χ0) is 42.6.